The highest BCUT2D eigenvalue weighted by molar-refractivity contribution is 7.89. The molecule has 0 unspecified atom stereocenters. The highest BCUT2D eigenvalue weighted by Crippen LogP contribution is 2.29. The smallest absolute Gasteiger partial charge is 0.393 e. The molecular weight excluding hydrogens is 347 g/mol. The molecule has 0 aliphatic rings. The zero-order chi connectivity index (χ0) is 17.0. The van der Waals surface area contributed by atoms with Gasteiger partial charge >= 0.3 is 6.18 Å². The first-order chi connectivity index (χ1) is 10.0. The summed E-state index contributed by atoms with van der Waals surface area (Å²) in [7, 11) is -4.14. The Morgan fingerprint density at radius 1 is 1.27 bits per heavy atom. The first-order valence-electron chi connectivity index (χ1n) is 6.04. The molecule has 1 atom stereocenters. The van der Waals surface area contributed by atoms with Crippen molar-refractivity contribution in [2.75, 3.05) is 6.54 Å². The van der Waals surface area contributed by atoms with E-state index in [2.05, 4.69) is 0 Å². The lowest BCUT2D eigenvalue weighted by atomic mass is 10.0. The molecule has 10 heteroatoms. The van der Waals surface area contributed by atoms with Crippen LogP contribution in [0.5, 0.6) is 0 Å². The lowest BCUT2D eigenvalue weighted by Gasteiger charge is -2.20. The van der Waals surface area contributed by atoms with Crippen LogP contribution in [0.15, 0.2) is 29.2 Å². The van der Waals surface area contributed by atoms with Gasteiger partial charge in [-0.25, -0.2) is 13.1 Å². The molecule has 124 valence electrons. The van der Waals surface area contributed by atoms with E-state index in [1.807, 2.05) is 4.72 Å². The summed E-state index contributed by atoms with van der Waals surface area (Å²) in [4.78, 5) is 10.0. The van der Waals surface area contributed by atoms with E-state index in [9.17, 15) is 31.5 Å². The van der Waals surface area contributed by atoms with Gasteiger partial charge in [0.15, 0.2) is 0 Å². The van der Waals surface area contributed by atoms with E-state index in [0.717, 1.165) is 12.1 Å². The molecule has 0 saturated heterocycles. The van der Waals surface area contributed by atoms with Gasteiger partial charge in [0.05, 0.1) is 10.8 Å². The lowest BCUT2D eigenvalue weighted by Crippen LogP contribution is -2.37. The summed E-state index contributed by atoms with van der Waals surface area (Å²) in [6.45, 7) is -0.957. The van der Waals surface area contributed by atoms with Gasteiger partial charge in [0.1, 0.15) is 0 Å². The zero-order valence-corrected chi connectivity index (χ0v) is 12.6. The molecule has 1 aromatic rings. The van der Waals surface area contributed by atoms with Gasteiger partial charge in [-0.1, -0.05) is 11.6 Å². The van der Waals surface area contributed by atoms with Crippen molar-refractivity contribution in [1.29, 1.82) is 0 Å². The number of carboxylic acids is 1. The third kappa shape index (κ3) is 5.82. The Morgan fingerprint density at radius 2 is 1.82 bits per heavy atom. The molecule has 22 heavy (non-hydrogen) atoms. The van der Waals surface area contributed by atoms with Crippen molar-refractivity contribution in [1.82, 2.24) is 4.72 Å². The molecule has 0 spiro atoms. The molecule has 1 N–H and O–H groups in total. The van der Waals surface area contributed by atoms with Gasteiger partial charge < -0.3 is 9.90 Å². The number of hydrogen-bond acceptors (Lipinski definition) is 4. The van der Waals surface area contributed by atoms with E-state index in [4.69, 9.17) is 11.6 Å². The molecule has 0 heterocycles. The third-order valence-corrected chi connectivity index (χ3v) is 4.49. The molecule has 5 nitrogen and oxygen atoms in total. The predicted molar refractivity (Wildman–Crippen MR) is 70.4 cm³/mol. The maximum atomic E-state index is 12.7. The van der Waals surface area contributed by atoms with Crippen LogP contribution in [0.4, 0.5) is 13.2 Å². The average Bonchev–Trinajstić information content (AvgIpc) is 2.37. The fraction of sp³-hybridized carbons (Fsp3) is 0.417. The molecule has 0 radical (unpaired) electrons. The van der Waals surface area contributed by atoms with Gasteiger partial charge in [0, 0.05) is 17.5 Å². The Labute approximate surface area is 130 Å². The van der Waals surface area contributed by atoms with Crippen LogP contribution >= 0.6 is 11.6 Å². The quantitative estimate of drug-likeness (QED) is 0.796. The summed E-state index contributed by atoms with van der Waals surface area (Å²) in [5.41, 5.74) is 0. The first-order valence-corrected chi connectivity index (χ1v) is 7.90. The molecule has 1 aromatic carbocycles. The fourth-order valence-corrected chi connectivity index (χ4v) is 2.79. The number of rotatable bonds is 7. The number of carbonyl (C=O) groups is 1. The average molecular weight is 359 g/mol. The number of hydrogen-bond donors (Lipinski definition) is 1. The number of nitrogens with one attached hydrogen (secondary N) is 1. The Morgan fingerprint density at radius 3 is 2.27 bits per heavy atom. The second kappa shape index (κ2) is 7.30. The van der Waals surface area contributed by atoms with Crippen molar-refractivity contribution < 1.29 is 31.5 Å². The van der Waals surface area contributed by atoms with E-state index in [1.165, 1.54) is 12.1 Å². The van der Waals surface area contributed by atoms with Crippen LogP contribution in [0.3, 0.4) is 0 Å². The summed E-state index contributed by atoms with van der Waals surface area (Å²) < 4.78 is 63.8. The zero-order valence-electron chi connectivity index (χ0n) is 11.1. The van der Waals surface area contributed by atoms with Gasteiger partial charge in [-0.3, -0.25) is 0 Å². The Kier molecular flexibility index (Phi) is 6.21. The summed E-state index contributed by atoms with van der Waals surface area (Å²) in [6, 6.07) is 4.86. The molecule has 1 rings (SSSR count). The minimum Gasteiger partial charge on any atom is -0.550 e. The molecule has 0 bridgehead atoms. The lowest BCUT2D eigenvalue weighted by molar-refractivity contribution is -0.306. The van der Waals surface area contributed by atoms with E-state index in [-0.39, 0.29) is 9.92 Å². The van der Waals surface area contributed by atoms with Crippen molar-refractivity contribution >= 4 is 27.6 Å². The number of benzene rings is 1. The van der Waals surface area contributed by atoms with Gasteiger partial charge in [-0.05, 0) is 37.1 Å². The van der Waals surface area contributed by atoms with E-state index >= 15 is 0 Å². The summed E-state index contributed by atoms with van der Waals surface area (Å²) in [5.74, 6) is -3.75. The number of carbonyl (C=O) groups excluding carboxylic acids is 1. The van der Waals surface area contributed by atoms with Crippen LogP contribution < -0.4 is 9.83 Å². The van der Waals surface area contributed by atoms with Crippen LogP contribution in [-0.2, 0) is 14.8 Å². The van der Waals surface area contributed by atoms with Gasteiger partial charge in [-0.2, -0.15) is 13.2 Å². The third-order valence-electron chi connectivity index (χ3n) is 2.80. The molecule has 0 aliphatic carbocycles. The molecule has 0 amide bonds. The molecule has 0 saturated carbocycles. The summed E-state index contributed by atoms with van der Waals surface area (Å²) >= 11 is 5.59. The van der Waals surface area contributed by atoms with Crippen LogP contribution in [0.25, 0.3) is 0 Å². The Balaban J connectivity index is 2.78. The highest BCUT2D eigenvalue weighted by atomic mass is 35.5. The maximum absolute atomic E-state index is 12.7. The standard InChI is InChI=1S/C12H13ClF3NO4S/c13-9-2-4-10(5-3-9)22(20,21)17-7-8(12(14,15)16)1-6-11(18)19/h2-5,8,17H,1,6-7H2,(H,18,19)/p-1/t8-/m0/s1. The van der Waals surface area contributed by atoms with Crippen molar-refractivity contribution in [2.45, 2.75) is 23.9 Å². The topological polar surface area (TPSA) is 86.3 Å². The number of halogens is 4. The maximum Gasteiger partial charge on any atom is 0.393 e. The second-order valence-electron chi connectivity index (χ2n) is 4.46. The molecular formula is C12H12ClF3NO4S-. The molecule has 0 aliphatic heterocycles. The SMILES string of the molecule is O=C([O-])CC[C@@H](CNS(=O)(=O)c1ccc(Cl)cc1)C(F)(F)F. The van der Waals surface area contributed by atoms with Crippen LogP contribution in [0, 0.1) is 5.92 Å². The summed E-state index contributed by atoms with van der Waals surface area (Å²) in [6.07, 6.45) is -6.31. The fourth-order valence-electron chi connectivity index (χ4n) is 1.58. The highest BCUT2D eigenvalue weighted by Gasteiger charge is 2.39. The first kappa shape index (κ1) is 18.7. The molecule has 0 aromatic heterocycles. The monoisotopic (exact) mass is 358 g/mol. The minimum absolute atomic E-state index is 0.238. The van der Waals surface area contributed by atoms with Crippen molar-refractivity contribution in [2.24, 2.45) is 5.92 Å². The van der Waals surface area contributed by atoms with Crippen LogP contribution in [0.1, 0.15) is 12.8 Å². The van der Waals surface area contributed by atoms with E-state index in [0.29, 0.717) is 0 Å². The summed E-state index contributed by atoms with van der Waals surface area (Å²) in [5, 5.41) is 10.5. The Hall–Kier alpha value is -1.32. The van der Waals surface area contributed by atoms with E-state index in [1.54, 1.807) is 0 Å². The number of aliphatic carboxylic acids is 1. The number of alkyl halides is 3. The van der Waals surface area contributed by atoms with Crippen molar-refractivity contribution in [3.8, 4) is 0 Å². The Bertz CT molecular complexity index is 616. The number of carboxylic acid groups (broad SMARTS) is 1. The van der Waals surface area contributed by atoms with Gasteiger partial charge in [0.25, 0.3) is 0 Å². The normalized spacial score (nSPS) is 13.8. The van der Waals surface area contributed by atoms with Crippen LogP contribution in [0.2, 0.25) is 5.02 Å². The van der Waals surface area contributed by atoms with Crippen LogP contribution in [-0.4, -0.2) is 27.1 Å². The van der Waals surface area contributed by atoms with Gasteiger partial charge in [-0.15, -0.1) is 0 Å². The second-order valence-corrected chi connectivity index (χ2v) is 6.66. The predicted octanol–water partition coefficient (Wildman–Crippen LogP) is 1.33. The number of sulfonamides is 1. The van der Waals surface area contributed by atoms with Crippen molar-refractivity contribution in [3.63, 3.8) is 0 Å². The van der Waals surface area contributed by atoms with Crippen molar-refractivity contribution in [3.05, 3.63) is 29.3 Å². The minimum atomic E-state index is -4.72. The molecule has 0 fully saturated rings. The largest absolute Gasteiger partial charge is 0.550 e. The van der Waals surface area contributed by atoms with E-state index < -0.39 is 47.5 Å². The van der Waals surface area contributed by atoms with Gasteiger partial charge in [0.2, 0.25) is 10.0 Å².